The number of carbonyl (C=O) groups is 1. The Kier molecular flexibility index (Phi) is 5.66. The summed E-state index contributed by atoms with van der Waals surface area (Å²) < 4.78 is 0.930. The molecule has 5 nitrogen and oxygen atoms in total. The number of fused-ring (bicyclic) bond motifs is 1. The lowest BCUT2D eigenvalue weighted by Gasteiger charge is -2.28. The van der Waals surface area contributed by atoms with Crippen molar-refractivity contribution in [3.8, 4) is 0 Å². The Balaban J connectivity index is 1.69. The third kappa shape index (κ3) is 4.12. The number of carbonyl (C=O) groups excluding carboxylic acids is 1. The molecule has 0 atom stereocenters. The number of piperidine rings is 1. The maximum atomic E-state index is 12.8. The van der Waals surface area contributed by atoms with Gasteiger partial charge in [0, 0.05) is 23.2 Å². The highest BCUT2D eigenvalue weighted by molar-refractivity contribution is 9.10. The lowest BCUT2D eigenvalue weighted by atomic mass is 10.1. The molecule has 0 spiro atoms. The first-order valence-electron chi connectivity index (χ1n) is 8.81. The van der Waals surface area contributed by atoms with Crippen molar-refractivity contribution < 1.29 is 4.79 Å². The molecule has 1 aliphatic heterocycles. The number of nitrogens with zero attached hydrogens (tertiary/aromatic N) is 3. The summed E-state index contributed by atoms with van der Waals surface area (Å²) in [7, 11) is 0. The van der Waals surface area contributed by atoms with Gasteiger partial charge in [-0.25, -0.2) is 9.97 Å². The van der Waals surface area contributed by atoms with E-state index in [-0.39, 0.29) is 5.91 Å². The highest BCUT2D eigenvalue weighted by Gasteiger charge is 2.21. The molecule has 1 saturated heterocycles. The van der Waals surface area contributed by atoms with E-state index in [1.807, 2.05) is 36.6 Å². The molecule has 1 fully saturated rings. The fourth-order valence-corrected chi connectivity index (χ4v) is 4.93. The second-order valence-corrected chi connectivity index (χ2v) is 9.10. The van der Waals surface area contributed by atoms with Crippen molar-refractivity contribution in [2.24, 2.45) is 0 Å². The van der Waals surface area contributed by atoms with E-state index in [0.29, 0.717) is 4.88 Å². The number of hydrogen-bond acceptors (Lipinski definition) is 6. The van der Waals surface area contributed by atoms with E-state index in [2.05, 4.69) is 31.1 Å². The Hall–Kier alpha value is -1.64. The average Bonchev–Trinajstić information content (AvgIpc) is 3.12. The second kappa shape index (κ2) is 8.16. The summed E-state index contributed by atoms with van der Waals surface area (Å²) in [4.78, 5) is 26.0. The van der Waals surface area contributed by atoms with Gasteiger partial charge in [0.1, 0.15) is 10.6 Å². The van der Waals surface area contributed by atoms with Gasteiger partial charge in [0.25, 0.3) is 5.91 Å². The molecule has 1 aliphatic rings. The van der Waals surface area contributed by atoms with E-state index in [1.54, 1.807) is 0 Å². The largest absolute Gasteiger partial charge is 0.356 e. The number of anilines is 2. The third-order valence-corrected chi connectivity index (χ3v) is 6.57. The van der Waals surface area contributed by atoms with E-state index in [9.17, 15) is 4.79 Å². The van der Waals surface area contributed by atoms with Gasteiger partial charge in [-0.15, -0.1) is 11.3 Å². The van der Waals surface area contributed by atoms with Crippen LogP contribution in [0.3, 0.4) is 0 Å². The number of halogens is 1. The molecule has 1 aromatic carbocycles. The molecular formula is C19H19BrN4OS2. The maximum Gasteiger partial charge on any atom is 0.265 e. The topological polar surface area (TPSA) is 58.1 Å². The predicted molar refractivity (Wildman–Crippen MR) is 117 cm³/mol. The quantitative estimate of drug-likeness (QED) is 0.414. The number of amides is 1. The zero-order chi connectivity index (χ0) is 18.8. The molecule has 0 radical (unpaired) electrons. The molecule has 3 heterocycles. The molecular weight excluding hydrogens is 444 g/mol. The van der Waals surface area contributed by atoms with Crippen molar-refractivity contribution in [1.29, 1.82) is 0 Å². The van der Waals surface area contributed by atoms with Crippen molar-refractivity contribution >= 4 is 66.7 Å². The standard InChI is InChI=1S/C19H19BrN4OS2/c1-26-19-22-16(24-8-3-2-4-9-24)14-11-15(27-18(14)23-19)17(25)21-13-7-5-6-12(20)10-13/h5-7,10-11H,2-4,8-9H2,1H3,(H,21,25). The van der Waals surface area contributed by atoms with E-state index >= 15 is 0 Å². The number of hydrogen-bond donors (Lipinski definition) is 1. The van der Waals surface area contributed by atoms with Crippen LogP contribution in [0, 0.1) is 0 Å². The van der Waals surface area contributed by atoms with Gasteiger partial charge in [-0.3, -0.25) is 4.79 Å². The second-order valence-electron chi connectivity index (χ2n) is 6.38. The van der Waals surface area contributed by atoms with Crippen LogP contribution < -0.4 is 10.2 Å². The van der Waals surface area contributed by atoms with Crippen molar-refractivity contribution in [2.75, 3.05) is 29.6 Å². The number of rotatable bonds is 4. The Labute approximate surface area is 174 Å². The summed E-state index contributed by atoms with van der Waals surface area (Å²) in [5.74, 6) is 0.841. The van der Waals surface area contributed by atoms with Crippen LogP contribution >= 0.6 is 39.0 Å². The minimum Gasteiger partial charge on any atom is -0.356 e. The first kappa shape index (κ1) is 18.7. The SMILES string of the molecule is CSc1nc(N2CCCCC2)c2cc(C(=O)Nc3cccc(Br)c3)sc2n1. The van der Waals surface area contributed by atoms with Crippen LogP contribution in [0.2, 0.25) is 0 Å². The van der Waals surface area contributed by atoms with Gasteiger partial charge in [-0.1, -0.05) is 33.8 Å². The lowest BCUT2D eigenvalue weighted by Crippen LogP contribution is -2.30. The fraction of sp³-hybridized carbons (Fsp3) is 0.316. The molecule has 8 heteroatoms. The van der Waals surface area contributed by atoms with Crippen LogP contribution in [0.15, 0.2) is 40.0 Å². The Morgan fingerprint density at radius 2 is 2.04 bits per heavy atom. The van der Waals surface area contributed by atoms with Gasteiger partial charge in [0.05, 0.1) is 10.3 Å². The smallest absolute Gasteiger partial charge is 0.265 e. The van der Waals surface area contributed by atoms with Gasteiger partial charge in [-0.05, 0) is 49.8 Å². The molecule has 0 unspecified atom stereocenters. The summed E-state index contributed by atoms with van der Waals surface area (Å²) in [6.45, 7) is 2.02. The van der Waals surface area contributed by atoms with Gasteiger partial charge in [-0.2, -0.15) is 0 Å². The highest BCUT2D eigenvalue weighted by atomic mass is 79.9. The van der Waals surface area contributed by atoms with Crippen LogP contribution in [0.5, 0.6) is 0 Å². The summed E-state index contributed by atoms with van der Waals surface area (Å²) >= 11 is 6.39. The van der Waals surface area contributed by atoms with Crippen molar-refractivity contribution in [3.63, 3.8) is 0 Å². The Bertz CT molecular complexity index is 985. The minimum atomic E-state index is -0.119. The summed E-state index contributed by atoms with van der Waals surface area (Å²) in [6, 6.07) is 9.52. The zero-order valence-electron chi connectivity index (χ0n) is 14.9. The van der Waals surface area contributed by atoms with Crippen LogP contribution in [-0.4, -0.2) is 35.2 Å². The van der Waals surface area contributed by atoms with Crippen molar-refractivity contribution in [3.05, 3.63) is 39.7 Å². The van der Waals surface area contributed by atoms with Crippen LogP contribution in [0.1, 0.15) is 28.9 Å². The third-order valence-electron chi connectivity index (χ3n) is 4.50. The van der Waals surface area contributed by atoms with Gasteiger partial charge < -0.3 is 10.2 Å². The molecule has 2 aromatic heterocycles. The predicted octanol–water partition coefficient (Wildman–Crippen LogP) is 5.42. The van der Waals surface area contributed by atoms with Crippen LogP contribution in [0.25, 0.3) is 10.2 Å². The summed E-state index contributed by atoms with van der Waals surface area (Å²) in [5.41, 5.74) is 0.763. The van der Waals surface area contributed by atoms with E-state index in [4.69, 9.17) is 4.98 Å². The van der Waals surface area contributed by atoms with Crippen molar-refractivity contribution in [2.45, 2.75) is 24.4 Å². The number of aromatic nitrogens is 2. The molecule has 0 aliphatic carbocycles. The molecule has 4 rings (SSSR count). The number of benzene rings is 1. The van der Waals surface area contributed by atoms with E-state index in [1.165, 1.54) is 42.4 Å². The first-order chi connectivity index (χ1) is 13.1. The van der Waals surface area contributed by atoms with Crippen LogP contribution in [-0.2, 0) is 0 Å². The lowest BCUT2D eigenvalue weighted by molar-refractivity contribution is 0.103. The maximum absolute atomic E-state index is 12.8. The number of thioether (sulfide) groups is 1. The molecule has 1 N–H and O–H groups in total. The molecule has 3 aromatic rings. The van der Waals surface area contributed by atoms with E-state index in [0.717, 1.165) is 44.4 Å². The first-order valence-corrected chi connectivity index (χ1v) is 11.6. The van der Waals surface area contributed by atoms with Gasteiger partial charge >= 0.3 is 0 Å². The Morgan fingerprint density at radius 1 is 1.22 bits per heavy atom. The number of thiophene rings is 1. The van der Waals surface area contributed by atoms with E-state index < -0.39 is 0 Å². The fourth-order valence-electron chi connectivity index (χ4n) is 3.20. The number of nitrogens with one attached hydrogen (secondary N) is 1. The highest BCUT2D eigenvalue weighted by Crippen LogP contribution is 2.34. The molecule has 27 heavy (non-hydrogen) atoms. The van der Waals surface area contributed by atoms with Gasteiger partial charge in [0.2, 0.25) is 0 Å². The molecule has 0 bridgehead atoms. The van der Waals surface area contributed by atoms with Gasteiger partial charge in [0.15, 0.2) is 5.16 Å². The zero-order valence-corrected chi connectivity index (χ0v) is 18.1. The molecule has 1 amide bonds. The normalized spacial score (nSPS) is 14.5. The molecule has 0 saturated carbocycles. The molecule has 140 valence electrons. The van der Waals surface area contributed by atoms with Crippen molar-refractivity contribution in [1.82, 2.24) is 9.97 Å². The Morgan fingerprint density at radius 3 is 2.78 bits per heavy atom. The average molecular weight is 463 g/mol. The van der Waals surface area contributed by atoms with Crippen LogP contribution in [0.4, 0.5) is 11.5 Å². The minimum absolute atomic E-state index is 0.119. The summed E-state index contributed by atoms with van der Waals surface area (Å²) in [6.07, 6.45) is 5.61. The summed E-state index contributed by atoms with van der Waals surface area (Å²) in [5, 5.41) is 4.69. The monoisotopic (exact) mass is 462 g/mol.